The van der Waals surface area contributed by atoms with Gasteiger partial charge in [-0.15, -0.1) is 23.2 Å². The number of rotatable bonds is 6. The van der Waals surface area contributed by atoms with Crippen LogP contribution in [0.5, 0.6) is 0 Å². The number of hydrogen-bond acceptors (Lipinski definition) is 6. The summed E-state index contributed by atoms with van der Waals surface area (Å²) in [7, 11) is 0. The third-order valence-electron chi connectivity index (χ3n) is 6.74. The molecule has 15 heteroatoms. The van der Waals surface area contributed by atoms with Gasteiger partial charge in [0.05, 0.1) is 32.9 Å². The Hall–Kier alpha value is -3.09. The van der Waals surface area contributed by atoms with Crippen LogP contribution in [0.25, 0.3) is 0 Å². The van der Waals surface area contributed by atoms with Crippen molar-refractivity contribution in [3.63, 3.8) is 0 Å². The lowest BCUT2D eigenvalue weighted by Crippen LogP contribution is -2.44. The van der Waals surface area contributed by atoms with Crippen LogP contribution in [0.2, 0.25) is 10.0 Å². The lowest BCUT2D eigenvalue weighted by molar-refractivity contribution is -0.117. The quantitative estimate of drug-likeness (QED) is 0.240. The van der Waals surface area contributed by atoms with Crippen LogP contribution in [0.3, 0.4) is 0 Å². The van der Waals surface area contributed by atoms with Crippen molar-refractivity contribution >= 4 is 103 Å². The Morgan fingerprint density at radius 3 is 2.00 bits per heavy atom. The Labute approximate surface area is 305 Å². The van der Waals surface area contributed by atoms with E-state index >= 15 is 4.39 Å². The summed E-state index contributed by atoms with van der Waals surface area (Å²) in [5.74, 6) is -3.84. The highest BCUT2D eigenvalue weighted by molar-refractivity contribution is 9.10. The van der Waals surface area contributed by atoms with E-state index in [1.165, 1.54) is 30.3 Å². The standard InChI is InChI=1S/C33H31BrCl4FN3O6/c1-31(2,3)47-29(45)42(30(46)48-32(4,5)6)23-9-7-8-22(26(23)39)41-27(43)18-15-17(11-13-20(18)35)40-28(44)25-24(33(25,37)38)16-10-12-21(36)19(34)14-16/h7-15,24-25H,1-6H3,(H,40,44)(H,41,43)/t24-,25+/m0/s1. The number of amides is 4. The van der Waals surface area contributed by atoms with Gasteiger partial charge in [0, 0.05) is 16.1 Å². The minimum absolute atomic E-state index is 0.00875. The second kappa shape index (κ2) is 14.0. The van der Waals surface area contributed by atoms with Gasteiger partial charge in [-0.1, -0.05) is 35.3 Å². The van der Waals surface area contributed by atoms with Crippen molar-refractivity contribution in [2.45, 2.75) is 63.0 Å². The minimum Gasteiger partial charge on any atom is -0.443 e. The van der Waals surface area contributed by atoms with Crippen molar-refractivity contribution in [1.82, 2.24) is 0 Å². The number of benzene rings is 3. The van der Waals surface area contributed by atoms with Gasteiger partial charge >= 0.3 is 12.2 Å². The predicted molar refractivity (Wildman–Crippen MR) is 189 cm³/mol. The summed E-state index contributed by atoms with van der Waals surface area (Å²) in [6.45, 7) is 9.47. The Balaban J connectivity index is 1.57. The van der Waals surface area contributed by atoms with Crippen LogP contribution in [-0.2, 0) is 14.3 Å². The molecule has 0 saturated heterocycles. The Morgan fingerprint density at radius 2 is 1.44 bits per heavy atom. The largest absolute Gasteiger partial charge is 0.443 e. The number of imide groups is 1. The fourth-order valence-electron chi connectivity index (χ4n) is 4.64. The summed E-state index contributed by atoms with van der Waals surface area (Å²) in [6.07, 6.45) is -2.38. The Kier molecular flexibility index (Phi) is 11.0. The molecule has 0 spiro atoms. The third-order valence-corrected chi connectivity index (χ3v) is 9.22. The number of carbonyl (C=O) groups is 4. The molecule has 0 unspecified atom stereocenters. The molecule has 2 N–H and O–H groups in total. The highest BCUT2D eigenvalue weighted by atomic mass is 79.9. The molecular formula is C33H31BrCl4FN3O6. The summed E-state index contributed by atoms with van der Waals surface area (Å²) in [6, 6.07) is 13.0. The summed E-state index contributed by atoms with van der Waals surface area (Å²) < 4.78 is 25.8. The molecule has 0 heterocycles. The van der Waals surface area contributed by atoms with Crippen molar-refractivity contribution in [1.29, 1.82) is 0 Å². The van der Waals surface area contributed by atoms with E-state index in [0.717, 1.165) is 6.07 Å². The number of ether oxygens (including phenoxy) is 2. The van der Waals surface area contributed by atoms with E-state index in [0.29, 0.717) is 20.0 Å². The lowest BCUT2D eigenvalue weighted by Gasteiger charge is -2.29. The van der Waals surface area contributed by atoms with Gasteiger partial charge in [-0.3, -0.25) is 9.59 Å². The molecule has 3 aromatic carbocycles. The molecule has 0 aromatic heterocycles. The van der Waals surface area contributed by atoms with Gasteiger partial charge in [-0.2, -0.15) is 4.90 Å². The van der Waals surface area contributed by atoms with Gasteiger partial charge < -0.3 is 20.1 Å². The maximum atomic E-state index is 15.9. The molecule has 2 atom stereocenters. The normalized spacial score (nSPS) is 16.8. The molecule has 0 radical (unpaired) electrons. The highest BCUT2D eigenvalue weighted by Crippen LogP contribution is 2.65. The number of carbonyl (C=O) groups excluding carboxylic acids is 4. The minimum atomic E-state index is -1.39. The number of anilines is 3. The summed E-state index contributed by atoms with van der Waals surface area (Å²) >= 11 is 28.7. The van der Waals surface area contributed by atoms with E-state index in [1.807, 2.05) is 0 Å². The number of nitrogens with one attached hydrogen (secondary N) is 2. The SMILES string of the molecule is CC(C)(C)OC(=O)N(C(=O)OC(C)(C)C)c1cccc(NC(=O)c2cc(NC(=O)[C@H]3[C@H](c4ccc(Cl)c(Br)c4)C3(Cl)Cl)ccc2Cl)c1F. The van der Waals surface area contributed by atoms with Crippen LogP contribution < -0.4 is 15.5 Å². The Morgan fingerprint density at radius 1 is 0.854 bits per heavy atom. The zero-order valence-corrected chi connectivity index (χ0v) is 31.1. The molecule has 1 saturated carbocycles. The van der Waals surface area contributed by atoms with E-state index < -0.39 is 62.9 Å². The number of nitrogens with zero attached hydrogens (tertiary/aromatic N) is 1. The second-order valence-electron chi connectivity index (χ2n) is 12.9. The van der Waals surface area contributed by atoms with E-state index in [9.17, 15) is 19.2 Å². The van der Waals surface area contributed by atoms with Crippen LogP contribution in [0.15, 0.2) is 59.1 Å². The van der Waals surface area contributed by atoms with Crippen molar-refractivity contribution in [2.24, 2.45) is 5.92 Å². The number of hydrogen-bond donors (Lipinski definition) is 2. The molecule has 0 bridgehead atoms. The van der Waals surface area contributed by atoms with E-state index in [4.69, 9.17) is 55.9 Å². The first-order chi connectivity index (χ1) is 22.1. The maximum absolute atomic E-state index is 15.9. The first-order valence-electron chi connectivity index (χ1n) is 14.4. The van der Waals surface area contributed by atoms with Crippen LogP contribution in [0.1, 0.15) is 63.4 Å². The summed E-state index contributed by atoms with van der Waals surface area (Å²) in [5.41, 5.74) is -2.19. The third kappa shape index (κ3) is 8.73. The van der Waals surface area contributed by atoms with Gasteiger partial charge in [0.15, 0.2) is 5.82 Å². The van der Waals surface area contributed by atoms with Crippen LogP contribution in [-0.4, -0.2) is 39.5 Å². The van der Waals surface area contributed by atoms with E-state index in [1.54, 1.807) is 59.7 Å². The highest BCUT2D eigenvalue weighted by Gasteiger charge is 2.67. The summed E-state index contributed by atoms with van der Waals surface area (Å²) in [5, 5.41) is 5.58. The molecule has 1 fully saturated rings. The smallest absolute Gasteiger partial charge is 0.424 e. The maximum Gasteiger partial charge on any atom is 0.424 e. The fraction of sp³-hybridized carbons (Fsp3) is 0.333. The van der Waals surface area contributed by atoms with E-state index in [-0.39, 0.29) is 22.0 Å². The van der Waals surface area contributed by atoms with E-state index in [2.05, 4.69) is 26.6 Å². The molecule has 4 amide bonds. The molecular weight excluding hydrogens is 775 g/mol. The van der Waals surface area contributed by atoms with Crippen LogP contribution in [0.4, 0.5) is 31.0 Å². The zero-order chi connectivity index (χ0) is 35.9. The van der Waals surface area contributed by atoms with Crippen molar-refractivity contribution in [2.75, 3.05) is 15.5 Å². The second-order valence-corrected chi connectivity index (χ2v) is 16.0. The zero-order valence-electron chi connectivity index (χ0n) is 26.5. The molecule has 1 aliphatic rings. The van der Waals surface area contributed by atoms with Gasteiger partial charge in [-0.25, -0.2) is 14.0 Å². The molecule has 256 valence electrons. The molecule has 0 aliphatic heterocycles. The molecule has 1 aliphatic carbocycles. The molecule has 4 rings (SSSR count). The van der Waals surface area contributed by atoms with Gasteiger partial charge in [0.2, 0.25) is 5.91 Å². The van der Waals surface area contributed by atoms with Crippen LogP contribution >= 0.6 is 62.3 Å². The number of alkyl halides is 2. The average Bonchev–Trinajstić information content (AvgIpc) is 3.53. The first kappa shape index (κ1) is 37.7. The average molecular weight is 806 g/mol. The molecule has 3 aromatic rings. The topological polar surface area (TPSA) is 114 Å². The first-order valence-corrected chi connectivity index (χ1v) is 16.7. The fourth-order valence-corrected chi connectivity index (χ4v) is 6.18. The lowest BCUT2D eigenvalue weighted by atomic mass is 10.1. The van der Waals surface area contributed by atoms with Crippen molar-refractivity contribution in [3.05, 3.63) is 86.1 Å². The summed E-state index contributed by atoms with van der Waals surface area (Å²) in [4.78, 5) is 53.1. The molecule has 48 heavy (non-hydrogen) atoms. The Bertz CT molecular complexity index is 1770. The predicted octanol–water partition coefficient (Wildman–Crippen LogP) is 10.3. The monoisotopic (exact) mass is 803 g/mol. The molecule has 9 nitrogen and oxygen atoms in total. The van der Waals surface area contributed by atoms with Crippen molar-refractivity contribution in [3.8, 4) is 0 Å². The van der Waals surface area contributed by atoms with Crippen LogP contribution in [0, 0.1) is 11.7 Å². The number of halogens is 6. The van der Waals surface area contributed by atoms with Gasteiger partial charge in [0.1, 0.15) is 15.5 Å². The van der Waals surface area contributed by atoms with Crippen molar-refractivity contribution < 1.29 is 33.0 Å². The van der Waals surface area contributed by atoms with Gasteiger partial charge in [0.25, 0.3) is 5.91 Å². The van der Waals surface area contributed by atoms with Gasteiger partial charge in [-0.05, 0) is 106 Å².